The molecule has 5 heteroatoms. The summed E-state index contributed by atoms with van der Waals surface area (Å²) in [5.41, 5.74) is 0. The van der Waals surface area contributed by atoms with E-state index >= 15 is 0 Å². The standard InChI is InChI=1S/C8H17ClO3S/c1-8(2)7-13(10,11)6-5-12-4-3-9/h8H,3-7H2,1-2H3. The highest BCUT2D eigenvalue weighted by molar-refractivity contribution is 7.91. The fourth-order valence-electron chi connectivity index (χ4n) is 0.934. The van der Waals surface area contributed by atoms with Gasteiger partial charge in [0.1, 0.15) is 0 Å². The monoisotopic (exact) mass is 228 g/mol. The quantitative estimate of drug-likeness (QED) is 0.488. The molecule has 0 fully saturated rings. The molecule has 0 radical (unpaired) electrons. The lowest BCUT2D eigenvalue weighted by Gasteiger charge is -2.06. The molecule has 0 N–H and O–H groups in total. The van der Waals surface area contributed by atoms with E-state index in [0.717, 1.165) is 0 Å². The molecule has 0 bridgehead atoms. The van der Waals surface area contributed by atoms with Gasteiger partial charge in [-0.25, -0.2) is 8.42 Å². The first-order valence-corrected chi connectivity index (χ1v) is 6.67. The van der Waals surface area contributed by atoms with Crippen molar-refractivity contribution < 1.29 is 13.2 Å². The fourth-order valence-corrected chi connectivity index (χ4v) is 2.60. The maximum absolute atomic E-state index is 11.3. The maximum atomic E-state index is 11.3. The Labute approximate surface area is 85.3 Å². The Morgan fingerprint density at radius 1 is 1.31 bits per heavy atom. The predicted octanol–water partition coefficient (Wildman–Crippen LogP) is 1.31. The Balaban J connectivity index is 3.64. The van der Waals surface area contributed by atoms with E-state index in [9.17, 15) is 8.42 Å². The van der Waals surface area contributed by atoms with Crippen molar-refractivity contribution in [1.29, 1.82) is 0 Å². The van der Waals surface area contributed by atoms with E-state index in [0.29, 0.717) is 12.5 Å². The first-order chi connectivity index (χ1) is 5.98. The van der Waals surface area contributed by atoms with Crippen LogP contribution in [0.1, 0.15) is 13.8 Å². The van der Waals surface area contributed by atoms with Crippen LogP contribution >= 0.6 is 11.6 Å². The Kier molecular flexibility index (Phi) is 6.73. The van der Waals surface area contributed by atoms with Crippen molar-refractivity contribution in [1.82, 2.24) is 0 Å². The maximum Gasteiger partial charge on any atom is 0.152 e. The van der Waals surface area contributed by atoms with Crippen molar-refractivity contribution in [3.63, 3.8) is 0 Å². The molecule has 0 rings (SSSR count). The van der Waals surface area contributed by atoms with Gasteiger partial charge in [-0.2, -0.15) is 0 Å². The summed E-state index contributed by atoms with van der Waals surface area (Å²) in [7, 11) is -2.93. The highest BCUT2D eigenvalue weighted by Crippen LogP contribution is 2.00. The molecular weight excluding hydrogens is 212 g/mol. The zero-order valence-electron chi connectivity index (χ0n) is 8.12. The van der Waals surface area contributed by atoms with Gasteiger partial charge in [0.15, 0.2) is 9.84 Å². The van der Waals surface area contributed by atoms with Crippen molar-refractivity contribution in [2.45, 2.75) is 13.8 Å². The molecule has 0 saturated heterocycles. The Morgan fingerprint density at radius 2 is 1.92 bits per heavy atom. The van der Waals surface area contributed by atoms with Crippen LogP contribution in [0, 0.1) is 5.92 Å². The smallest absolute Gasteiger partial charge is 0.152 e. The molecule has 3 nitrogen and oxygen atoms in total. The minimum atomic E-state index is -2.93. The van der Waals surface area contributed by atoms with Crippen LogP contribution in [0.2, 0.25) is 0 Å². The predicted molar refractivity (Wildman–Crippen MR) is 55.0 cm³/mol. The summed E-state index contributed by atoms with van der Waals surface area (Å²) in [5.74, 6) is 0.918. The lowest BCUT2D eigenvalue weighted by Crippen LogP contribution is -2.19. The van der Waals surface area contributed by atoms with E-state index < -0.39 is 9.84 Å². The van der Waals surface area contributed by atoms with Gasteiger partial charge in [0.2, 0.25) is 0 Å². The van der Waals surface area contributed by atoms with Gasteiger partial charge in [0.05, 0.1) is 24.7 Å². The summed E-state index contributed by atoms with van der Waals surface area (Å²) in [6, 6.07) is 0. The molecule has 13 heavy (non-hydrogen) atoms. The summed E-state index contributed by atoms with van der Waals surface area (Å²) >= 11 is 5.36. The third kappa shape index (κ3) is 8.53. The second kappa shape index (κ2) is 6.62. The van der Waals surface area contributed by atoms with Gasteiger partial charge in [0.25, 0.3) is 0 Å². The normalized spacial score (nSPS) is 12.3. The molecule has 0 aliphatic rings. The second-order valence-electron chi connectivity index (χ2n) is 3.31. The average Bonchev–Trinajstić information content (AvgIpc) is 1.95. The van der Waals surface area contributed by atoms with Crippen LogP contribution in [0.5, 0.6) is 0 Å². The largest absolute Gasteiger partial charge is 0.379 e. The minimum Gasteiger partial charge on any atom is -0.379 e. The van der Waals surface area contributed by atoms with E-state index in [1.807, 2.05) is 13.8 Å². The molecule has 0 aromatic rings. The molecule has 0 aliphatic heterocycles. The van der Waals surface area contributed by atoms with Crippen molar-refractivity contribution in [2.24, 2.45) is 5.92 Å². The Hall–Kier alpha value is 0.200. The van der Waals surface area contributed by atoms with Crippen molar-refractivity contribution >= 4 is 21.4 Å². The summed E-state index contributed by atoms with van der Waals surface area (Å²) in [4.78, 5) is 0. The number of ether oxygens (including phenoxy) is 1. The van der Waals surface area contributed by atoms with Gasteiger partial charge >= 0.3 is 0 Å². The lowest BCUT2D eigenvalue weighted by atomic mass is 10.3. The molecule has 0 amide bonds. The summed E-state index contributed by atoms with van der Waals surface area (Å²) < 4.78 is 27.6. The number of halogens is 1. The first-order valence-electron chi connectivity index (χ1n) is 4.32. The summed E-state index contributed by atoms with van der Waals surface area (Å²) in [5, 5.41) is 0. The summed E-state index contributed by atoms with van der Waals surface area (Å²) in [6.45, 7) is 4.44. The lowest BCUT2D eigenvalue weighted by molar-refractivity contribution is 0.165. The molecule has 0 aromatic heterocycles. The highest BCUT2D eigenvalue weighted by Gasteiger charge is 2.12. The van der Waals surface area contributed by atoms with Crippen LogP contribution < -0.4 is 0 Å². The van der Waals surface area contributed by atoms with E-state index in [1.165, 1.54) is 0 Å². The number of rotatable bonds is 7. The van der Waals surface area contributed by atoms with Crippen LogP contribution in [0.25, 0.3) is 0 Å². The molecule has 0 atom stereocenters. The van der Waals surface area contributed by atoms with Gasteiger partial charge in [-0.1, -0.05) is 13.8 Å². The first kappa shape index (κ1) is 13.2. The van der Waals surface area contributed by atoms with Crippen LogP contribution in [0.4, 0.5) is 0 Å². The topological polar surface area (TPSA) is 43.4 Å². The van der Waals surface area contributed by atoms with Gasteiger partial charge < -0.3 is 4.74 Å². The molecule has 80 valence electrons. The molecule has 0 unspecified atom stereocenters. The van der Waals surface area contributed by atoms with Crippen molar-refractivity contribution in [2.75, 3.05) is 30.6 Å². The number of sulfone groups is 1. The molecular formula is C8H17ClO3S. The van der Waals surface area contributed by atoms with Gasteiger partial charge in [0, 0.05) is 5.88 Å². The third-order valence-electron chi connectivity index (χ3n) is 1.35. The Bertz CT molecular complexity index is 211. The zero-order chi connectivity index (χ0) is 10.3. The fraction of sp³-hybridized carbons (Fsp3) is 1.00. The molecule has 0 spiro atoms. The minimum absolute atomic E-state index is 0.0993. The van der Waals surface area contributed by atoms with Crippen LogP contribution in [0.3, 0.4) is 0 Å². The molecule has 0 heterocycles. The van der Waals surface area contributed by atoms with Gasteiger partial charge in [-0.15, -0.1) is 11.6 Å². The molecule has 0 saturated carbocycles. The van der Waals surface area contributed by atoms with E-state index in [2.05, 4.69) is 0 Å². The van der Waals surface area contributed by atoms with E-state index in [4.69, 9.17) is 16.3 Å². The van der Waals surface area contributed by atoms with Crippen molar-refractivity contribution in [3.8, 4) is 0 Å². The van der Waals surface area contributed by atoms with Gasteiger partial charge in [-0.05, 0) is 5.92 Å². The van der Waals surface area contributed by atoms with E-state index in [1.54, 1.807) is 0 Å². The SMILES string of the molecule is CC(C)CS(=O)(=O)CCOCCCl. The average molecular weight is 229 g/mol. The highest BCUT2D eigenvalue weighted by atomic mass is 35.5. The zero-order valence-corrected chi connectivity index (χ0v) is 9.70. The number of hydrogen-bond donors (Lipinski definition) is 0. The van der Waals surface area contributed by atoms with Crippen LogP contribution in [0.15, 0.2) is 0 Å². The van der Waals surface area contributed by atoms with Crippen LogP contribution in [-0.4, -0.2) is 39.0 Å². The van der Waals surface area contributed by atoms with Crippen molar-refractivity contribution in [3.05, 3.63) is 0 Å². The van der Waals surface area contributed by atoms with Gasteiger partial charge in [-0.3, -0.25) is 0 Å². The number of alkyl halides is 1. The third-order valence-corrected chi connectivity index (χ3v) is 3.46. The second-order valence-corrected chi connectivity index (χ2v) is 5.92. The molecule has 0 aromatic carbocycles. The van der Waals surface area contributed by atoms with E-state index in [-0.39, 0.29) is 24.0 Å². The molecule has 0 aliphatic carbocycles. The Morgan fingerprint density at radius 3 is 2.38 bits per heavy atom. The van der Waals surface area contributed by atoms with Crippen LogP contribution in [-0.2, 0) is 14.6 Å². The summed E-state index contributed by atoms with van der Waals surface area (Å²) in [6.07, 6.45) is 0. The number of hydrogen-bond acceptors (Lipinski definition) is 3.